The number of methoxy groups -OCH3 is 1. The van der Waals surface area contributed by atoms with Gasteiger partial charge in [-0.2, -0.15) is 0 Å². The number of ether oxygens (including phenoxy) is 1. The molecule has 0 spiro atoms. The number of rotatable bonds is 2. The number of hydrogen-bond acceptors (Lipinski definition) is 2. The molecule has 0 atom stereocenters. The minimum absolute atomic E-state index is 0.736. The van der Waals surface area contributed by atoms with E-state index in [4.69, 9.17) is 4.74 Å². The fraction of sp³-hybridized carbons (Fsp3) is 0.667. The molecule has 0 fully saturated rings. The Morgan fingerprint density at radius 1 is 1.88 bits per heavy atom. The van der Waals surface area contributed by atoms with E-state index in [1.807, 2.05) is 0 Å². The first kappa shape index (κ1) is 5.63. The molecule has 1 N–H and O–H groups in total. The van der Waals surface area contributed by atoms with E-state index in [1.165, 1.54) is 5.70 Å². The molecule has 0 bridgehead atoms. The molecule has 46 valence electrons. The van der Waals surface area contributed by atoms with Gasteiger partial charge in [-0.3, -0.25) is 0 Å². The first-order valence-electron chi connectivity index (χ1n) is 2.85. The molecule has 0 unspecified atom stereocenters. The van der Waals surface area contributed by atoms with Crippen LogP contribution in [0.4, 0.5) is 0 Å². The van der Waals surface area contributed by atoms with E-state index in [-0.39, 0.29) is 0 Å². The lowest BCUT2D eigenvalue weighted by Crippen LogP contribution is -2.11. The zero-order valence-electron chi connectivity index (χ0n) is 5.11. The van der Waals surface area contributed by atoms with Gasteiger partial charge in [-0.25, -0.2) is 0 Å². The van der Waals surface area contributed by atoms with Crippen LogP contribution in [0.15, 0.2) is 11.8 Å². The van der Waals surface area contributed by atoms with Gasteiger partial charge >= 0.3 is 0 Å². The molecule has 0 aliphatic carbocycles. The lowest BCUT2D eigenvalue weighted by molar-refractivity contribution is 0.221. The predicted octanol–water partition coefficient (Wildman–Crippen LogP) is 0.510. The molecule has 0 aromatic carbocycles. The molecule has 1 rings (SSSR count). The first-order chi connectivity index (χ1) is 3.93. The molecule has 1 aliphatic heterocycles. The Balaban J connectivity index is 2.23. The van der Waals surface area contributed by atoms with Crippen LogP contribution in [0.3, 0.4) is 0 Å². The highest BCUT2D eigenvalue weighted by atomic mass is 16.5. The van der Waals surface area contributed by atoms with Crippen molar-refractivity contribution in [1.82, 2.24) is 5.32 Å². The van der Waals surface area contributed by atoms with Crippen molar-refractivity contribution in [1.29, 1.82) is 0 Å². The van der Waals surface area contributed by atoms with Crippen LogP contribution in [0, 0.1) is 0 Å². The maximum absolute atomic E-state index is 4.89. The van der Waals surface area contributed by atoms with Crippen LogP contribution in [0.2, 0.25) is 0 Å². The predicted molar refractivity (Wildman–Crippen MR) is 32.6 cm³/mol. The summed E-state index contributed by atoms with van der Waals surface area (Å²) in [5.41, 5.74) is 1.23. The van der Waals surface area contributed by atoms with Gasteiger partial charge in [0.15, 0.2) is 0 Å². The van der Waals surface area contributed by atoms with Crippen molar-refractivity contribution in [2.45, 2.75) is 6.42 Å². The monoisotopic (exact) mass is 113 g/mol. The molecule has 2 nitrogen and oxygen atoms in total. The van der Waals surface area contributed by atoms with Gasteiger partial charge in [0.2, 0.25) is 0 Å². The van der Waals surface area contributed by atoms with Crippen molar-refractivity contribution in [2.24, 2.45) is 0 Å². The first-order valence-corrected chi connectivity index (χ1v) is 2.85. The Morgan fingerprint density at radius 2 is 2.75 bits per heavy atom. The average Bonchev–Trinajstić information content (AvgIpc) is 2.19. The quantitative estimate of drug-likeness (QED) is 0.563. The molecular formula is C6H11NO. The lowest BCUT2D eigenvalue weighted by atomic mass is 10.4. The highest BCUT2D eigenvalue weighted by molar-refractivity contribution is 5.05. The molecule has 0 radical (unpaired) electrons. The minimum atomic E-state index is 0.736. The zero-order chi connectivity index (χ0) is 5.82. The van der Waals surface area contributed by atoms with Crippen LogP contribution in [0.5, 0.6) is 0 Å². The molecule has 1 aliphatic rings. The number of nitrogens with one attached hydrogen (secondary N) is 1. The van der Waals surface area contributed by atoms with Gasteiger partial charge in [0.05, 0.1) is 6.61 Å². The van der Waals surface area contributed by atoms with Crippen molar-refractivity contribution < 1.29 is 4.74 Å². The summed E-state index contributed by atoms with van der Waals surface area (Å²) in [4.78, 5) is 0. The van der Waals surface area contributed by atoms with Gasteiger partial charge in [0.1, 0.15) is 0 Å². The summed E-state index contributed by atoms with van der Waals surface area (Å²) in [7, 11) is 1.71. The van der Waals surface area contributed by atoms with Gasteiger partial charge < -0.3 is 10.1 Å². The van der Waals surface area contributed by atoms with E-state index < -0.39 is 0 Å². The molecule has 2 heteroatoms. The third-order valence-corrected chi connectivity index (χ3v) is 1.19. The normalized spacial score (nSPS) is 17.9. The van der Waals surface area contributed by atoms with Crippen LogP contribution in [-0.2, 0) is 4.74 Å². The van der Waals surface area contributed by atoms with E-state index in [0.717, 1.165) is 19.6 Å². The molecule has 1 heterocycles. The third-order valence-electron chi connectivity index (χ3n) is 1.19. The zero-order valence-corrected chi connectivity index (χ0v) is 5.11. The molecule has 0 saturated heterocycles. The second-order valence-electron chi connectivity index (χ2n) is 1.88. The minimum Gasteiger partial charge on any atom is -0.386 e. The Labute approximate surface area is 49.5 Å². The SMILES string of the molecule is COCC1=CCCN1. The summed E-state index contributed by atoms with van der Waals surface area (Å²) in [6, 6.07) is 0. The Kier molecular flexibility index (Phi) is 1.92. The fourth-order valence-corrected chi connectivity index (χ4v) is 0.817. The third kappa shape index (κ3) is 1.23. The highest BCUT2D eigenvalue weighted by Crippen LogP contribution is 1.99. The van der Waals surface area contributed by atoms with Crippen molar-refractivity contribution in [3.8, 4) is 0 Å². The molecular weight excluding hydrogens is 102 g/mol. The summed E-state index contributed by atoms with van der Waals surface area (Å²) in [5.74, 6) is 0. The summed E-state index contributed by atoms with van der Waals surface area (Å²) in [5, 5.41) is 3.19. The highest BCUT2D eigenvalue weighted by Gasteiger charge is 1.99. The Bertz CT molecular complexity index is 98.7. The van der Waals surface area contributed by atoms with E-state index >= 15 is 0 Å². The fourth-order valence-electron chi connectivity index (χ4n) is 0.817. The van der Waals surface area contributed by atoms with Crippen molar-refractivity contribution in [3.05, 3.63) is 11.8 Å². The Hall–Kier alpha value is -0.500. The van der Waals surface area contributed by atoms with E-state index in [0.29, 0.717) is 0 Å². The van der Waals surface area contributed by atoms with Gasteiger partial charge in [-0.15, -0.1) is 0 Å². The van der Waals surface area contributed by atoms with E-state index in [9.17, 15) is 0 Å². The second kappa shape index (κ2) is 2.72. The van der Waals surface area contributed by atoms with Crippen LogP contribution in [-0.4, -0.2) is 20.3 Å². The van der Waals surface area contributed by atoms with Gasteiger partial charge in [-0.05, 0) is 6.42 Å². The molecule has 0 amide bonds. The summed E-state index contributed by atoms with van der Waals surface area (Å²) in [6.45, 7) is 1.82. The topological polar surface area (TPSA) is 21.3 Å². The summed E-state index contributed by atoms with van der Waals surface area (Å²) in [6.07, 6.45) is 3.32. The van der Waals surface area contributed by atoms with Crippen LogP contribution < -0.4 is 5.32 Å². The van der Waals surface area contributed by atoms with Crippen LogP contribution >= 0.6 is 0 Å². The average molecular weight is 113 g/mol. The Morgan fingerprint density at radius 3 is 3.25 bits per heavy atom. The van der Waals surface area contributed by atoms with Gasteiger partial charge in [0, 0.05) is 19.4 Å². The standard InChI is InChI=1S/C6H11NO/c1-8-5-6-3-2-4-7-6/h3,7H,2,4-5H2,1H3. The van der Waals surface area contributed by atoms with Crippen LogP contribution in [0.25, 0.3) is 0 Å². The van der Waals surface area contributed by atoms with Crippen molar-refractivity contribution in [3.63, 3.8) is 0 Å². The maximum Gasteiger partial charge on any atom is 0.0855 e. The van der Waals surface area contributed by atoms with Gasteiger partial charge in [0.25, 0.3) is 0 Å². The molecule has 8 heavy (non-hydrogen) atoms. The van der Waals surface area contributed by atoms with Gasteiger partial charge in [-0.1, -0.05) is 6.08 Å². The molecule has 0 saturated carbocycles. The van der Waals surface area contributed by atoms with Crippen molar-refractivity contribution in [2.75, 3.05) is 20.3 Å². The second-order valence-corrected chi connectivity index (χ2v) is 1.88. The number of hydrogen-bond donors (Lipinski definition) is 1. The smallest absolute Gasteiger partial charge is 0.0855 e. The molecule has 0 aromatic rings. The van der Waals surface area contributed by atoms with Crippen molar-refractivity contribution >= 4 is 0 Å². The van der Waals surface area contributed by atoms with E-state index in [2.05, 4.69) is 11.4 Å². The largest absolute Gasteiger partial charge is 0.386 e. The molecule has 0 aromatic heterocycles. The summed E-state index contributed by atoms with van der Waals surface area (Å²) >= 11 is 0. The lowest BCUT2D eigenvalue weighted by Gasteiger charge is -1.99. The summed E-state index contributed by atoms with van der Waals surface area (Å²) < 4.78 is 4.89. The van der Waals surface area contributed by atoms with E-state index in [1.54, 1.807) is 7.11 Å². The van der Waals surface area contributed by atoms with Crippen LogP contribution in [0.1, 0.15) is 6.42 Å². The maximum atomic E-state index is 4.89.